The maximum absolute atomic E-state index is 14.4. The fourth-order valence-corrected chi connectivity index (χ4v) is 5.72. The smallest absolute Gasteiger partial charge is 0.302 e. The third-order valence-corrected chi connectivity index (χ3v) is 7.44. The number of nitrogens with zero attached hydrogens (tertiary/aromatic N) is 3. The normalized spacial score (nSPS) is 20.4. The molecule has 0 bridgehead atoms. The number of hydrogen-bond donors (Lipinski definition) is 4. The molecular weight excluding hydrogens is 467 g/mol. The summed E-state index contributed by atoms with van der Waals surface area (Å²) in [4.78, 5) is 8.75. The number of aromatic nitrogens is 2. The van der Waals surface area contributed by atoms with Gasteiger partial charge in [0.1, 0.15) is 17.5 Å². The number of thioether (sulfide) groups is 1. The van der Waals surface area contributed by atoms with E-state index >= 15 is 0 Å². The van der Waals surface area contributed by atoms with E-state index in [0.717, 1.165) is 0 Å². The molecule has 0 aliphatic carbocycles. The monoisotopic (exact) mass is 498 g/mol. The molecule has 0 radical (unpaired) electrons. The quantitative estimate of drug-likeness (QED) is 0.307. The lowest BCUT2D eigenvalue weighted by molar-refractivity contribution is 0.264. The Hall–Kier alpha value is -1.99. The van der Waals surface area contributed by atoms with Gasteiger partial charge in [-0.25, -0.2) is 14.4 Å². The molecule has 1 aromatic carbocycles. The van der Waals surface area contributed by atoms with Crippen LogP contribution < -0.4 is 15.4 Å². The molecule has 1 aromatic heterocycles. The maximum atomic E-state index is 14.4. The van der Waals surface area contributed by atoms with E-state index in [4.69, 9.17) is 0 Å². The molecule has 2 aromatic rings. The van der Waals surface area contributed by atoms with Crippen molar-refractivity contribution in [3.05, 3.63) is 41.2 Å². The zero-order valence-electron chi connectivity index (χ0n) is 19.2. The first-order valence-electron chi connectivity index (χ1n) is 10.7. The molecule has 12 heteroatoms. The third-order valence-electron chi connectivity index (χ3n) is 5.10. The third kappa shape index (κ3) is 7.00. The zero-order chi connectivity index (χ0) is 24.2. The molecule has 2 heterocycles. The number of halogens is 1. The minimum Gasteiger partial charge on any atom is -0.394 e. The molecule has 0 spiro atoms. The highest BCUT2D eigenvalue weighted by atomic mass is 32.2. The van der Waals surface area contributed by atoms with Crippen molar-refractivity contribution in [2.24, 2.45) is 0 Å². The molecule has 1 fully saturated rings. The van der Waals surface area contributed by atoms with Gasteiger partial charge in [-0.15, -0.1) is 0 Å². The summed E-state index contributed by atoms with van der Waals surface area (Å²) in [5.74, 6) is 0.462. The molecule has 9 nitrogen and oxygen atoms in total. The van der Waals surface area contributed by atoms with Gasteiger partial charge in [-0.1, -0.05) is 30.0 Å². The second-order valence-electron chi connectivity index (χ2n) is 8.38. The molecule has 3 atom stereocenters. The van der Waals surface area contributed by atoms with Crippen LogP contribution in [0.3, 0.4) is 0 Å². The second kappa shape index (κ2) is 11.0. The summed E-state index contributed by atoms with van der Waals surface area (Å²) in [5.41, 5.74) is 1.06. The summed E-state index contributed by atoms with van der Waals surface area (Å²) in [6, 6.07) is 6.41. The van der Waals surface area contributed by atoms with Gasteiger partial charge >= 0.3 is 10.2 Å². The Kier molecular flexibility index (Phi) is 8.51. The van der Waals surface area contributed by atoms with Gasteiger partial charge in [0.05, 0.1) is 6.61 Å². The van der Waals surface area contributed by atoms with Gasteiger partial charge in [-0.3, -0.25) is 4.72 Å². The van der Waals surface area contributed by atoms with Crippen LogP contribution >= 0.6 is 11.8 Å². The van der Waals surface area contributed by atoms with Crippen LogP contribution in [0.15, 0.2) is 29.4 Å². The van der Waals surface area contributed by atoms with Crippen LogP contribution in [-0.2, 0) is 16.0 Å². The molecule has 2 unspecified atom stereocenters. The number of rotatable bonds is 9. The van der Waals surface area contributed by atoms with Gasteiger partial charge in [0.25, 0.3) is 0 Å². The Bertz CT molecular complexity index is 1060. The summed E-state index contributed by atoms with van der Waals surface area (Å²) in [6.45, 7) is 7.88. The van der Waals surface area contributed by atoms with Crippen LogP contribution in [0.2, 0.25) is 0 Å². The van der Waals surface area contributed by atoms with E-state index in [0.29, 0.717) is 30.0 Å². The second-order valence-corrected chi connectivity index (χ2v) is 11.0. The Labute approximate surface area is 198 Å². The van der Waals surface area contributed by atoms with E-state index in [1.165, 1.54) is 22.1 Å². The largest absolute Gasteiger partial charge is 0.394 e. The lowest BCUT2D eigenvalue weighted by Gasteiger charge is -2.35. The number of aryl methyl sites for hydroxylation is 1. The van der Waals surface area contributed by atoms with E-state index in [2.05, 4.69) is 25.3 Å². The van der Waals surface area contributed by atoms with Crippen LogP contribution in [0.4, 0.5) is 16.0 Å². The molecule has 3 rings (SSSR count). The van der Waals surface area contributed by atoms with Gasteiger partial charge in [0, 0.05) is 43.0 Å². The van der Waals surface area contributed by atoms with Crippen LogP contribution in [0, 0.1) is 12.7 Å². The van der Waals surface area contributed by atoms with Gasteiger partial charge in [0.2, 0.25) is 0 Å². The van der Waals surface area contributed by atoms with Crippen LogP contribution in [0.5, 0.6) is 0 Å². The summed E-state index contributed by atoms with van der Waals surface area (Å²) in [6.07, 6.45) is 0. The number of benzene rings is 1. The first kappa shape index (κ1) is 25.6. The number of aliphatic hydroxyl groups excluding tert-OH is 1. The average Bonchev–Trinajstić information content (AvgIpc) is 2.73. The van der Waals surface area contributed by atoms with Crippen molar-refractivity contribution < 1.29 is 17.9 Å². The molecular formula is C21H31FN6O3S2. The van der Waals surface area contributed by atoms with Crippen molar-refractivity contribution in [3.63, 3.8) is 0 Å². The van der Waals surface area contributed by atoms with E-state index in [1.54, 1.807) is 32.0 Å². The summed E-state index contributed by atoms with van der Waals surface area (Å²) in [7, 11) is -3.84. The van der Waals surface area contributed by atoms with E-state index in [1.807, 2.05) is 13.8 Å². The predicted molar refractivity (Wildman–Crippen MR) is 129 cm³/mol. The molecule has 0 amide bonds. The Morgan fingerprint density at radius 1 is 1.27 bits per heavy atom. The molecule has 4 N–H and O–H groups in total. The van der Waals surface area contributed by atoms with Gasteiger partial charge in [0.15, 0.2) is 5.16 Å². The topological polar surface area (TPSA) is 119 Å². The first-order chi connectivity index (χ1) is 15.6. The van der Waals surface area contributed by atoms with Crippen molar-refractivity contribution in [2.75, 3.05) is 29.7 Å². The SMILES string of the molecule is Cc1cccc(CSc2nc(N[C@H](C)CO)cc(NS(=O)(=O)N3CC(C)NC(C)C3)n2)c1F. The molecule has 33 heavy (non-hydrogen) atoms. The minimum atomic E-state index is -3.84. The minimum absolute atomic E-state index is 0.0219. The number of piperazine rings is 1. The highest BCUT2D eigenvalue weighted by Gasteiger charge is 2.30. The Balaban J connectivity index is 1.84. The van der Waals surface area contributed by atoms with Gasteiger partial charge in [-0.05, 0) is 38.8 Å². The maximum Gasteiger partial charge on any atom is 0.302 e. The molecule has 1 aliphatic heterocycles. The van der Waals surface area contributed by atoms with Crippen LogP contribution in [0.1, 0.15) is 31.9 Å². The molecule has 0 saturated carbocycles. The van der Waals surface area contributed by atoms with Crippen molar-refractivity contribution in [1.82, 2.24) is 19.6 Å². The highest BCUT2D eigenvalue weighted by molar-refractivity contribution is 7.98. The van der Waals surface area contributed by atoms with Crippen molar-refractivity contribution in [3.8, 4) is 0 Å². The van der Waals surface area contributed by atoms with Crippen molar-refractivity contribution in [1.29, 1.82) is 0 Å². The van der Waals surface area contributed by atoms with Crippen molar-refractivity contribution >= 4 is 33.6 Å². The number of anilines is 2. The number of nitrogens with one attached hydrogen (secondary N) is 3. The lowest BCUT2D eigenvalue weighted by atomic mass is 10.1. The molecule has 182 valence electrons. The zero-order valence-corrected chi connectivity index (χ0v) is 20.8. The van der Waals surface area contributed by atoms with Gasteiger partial charge in [-0.2, -0.15) is 12.7 Å². The highest BCUT2D eigenvalue weighted by Crippen LogP contribution is 2.26. The van der Waals surface area contributed by atoms with E-state index in [-0.39, 0.29) is 47.3 Å². The van der Waals surface area contributed by atoms with Crippen LogP contribution in [0.25, 0.3) is 0 Å². The number of hydrogen-bond acceptors (Lipinski definition) is 8. The number of aliphatic hydroxyl groups is 1. The van der Waals surface area contributed by atoms with Crippen LogP contribution in [-0.4, -0.2) is 65.6 Å². The van der Waals surface area contributed by atoms with Crippen molar-refractivity contribution in [2.45, 2.75) is 56.7 Å². The summed E-state index contributed by atoms with van der Waals surface area (Å²) in [5, 5.41) is 16.0. The molecule has 1 saturated heterocycles. The Morgan fingerprint density at radius 3 is 2.61 bits per heavy atom. The molecule has 1 aliphatic rings. The fraction of sp³-hybridized carbons (Fsp3) is 0.524. The Morgan fingerprint density at radius 2 is 1.94 bits per heavy atom. The van der Waals surface area contributed by atoms with Gasteiger partial charge < -0.3 is 15.7 Å². The summed E-state index contributed by atoms with van der Waals surface area (Å²) >= 11 is 1.20. The standard InChI is InChI=1S/C21H31FN6O3S2/c1-13-6-5-7-17(20(13)22)12-32-21-25-18(24-16(4)11-29)8-19(26-21)27-33(30,31)28-9-14(2)23-15(3)10-28/h5-8,14-16,23,29H,9-12H2,1-4H3,(H2,24,25,26,27)/t14?,15?,16-/m1/s1. The summed E-state index contributed by atoms with van der Waals surface area (Å²) < 4.78 is 44.3. The van der Waals surface area contributed by atoms with E-state index < -0.39 is 10.2 Å². The average molecular weight is 499 g/mol. The predicted octanol–water partition coefficient (Wildman–Crippen LogP) is 2.35. The first-order valence-corrected chi connectivity index (χ1v) is 13.2. The lowest BCUT2D eigenvalue weighted by Crippen LogP contribution is -2.56. The van der Waals surface area contributed by atoms with E-state index in [9.17, 15) is 17.9 Å². The fourth-order valence-electron chi connectivity index (χ4n) is 3.55.